The van der Waals surface area contributed by atoms with E-state index < -0.39 is 24.0 Å². The highest BCUT2D eigenvalue weighted by atomic mass is 16.5. The Morgan fingerprint density at radius 3 is 2.42 bits per heavy atom. The minimum absolute atomic E-state index is 0.276. The second kappa shape index (κ2) is 6.95. The van der Waals surface area contributed by atoms with E-state index in [1.807, 2.05) is 35.6 Å². The Balaban J connectivity index is 2.23. The molecule has 1 aromatic heterocycles. The highest BCUT2D eigenvalue weighted by Crippen LogP contribution is 2.19. The van der Waals surface area contributed by atoms with Gasteiger partial charge in [0, 0.05) is 0 Å². The maximum atomic E-state index is 12.4. The molecule has 2 aromatic rings. The van der Waals surface area contributed by atoms with Crippen LogP contribution in [-0.4, -0.2) is 33.8 Å². The van der Waals surface area contributed by atoms with Gasteiger partial charge in [0.15, 0.2) is 6.10 Å². The van der Waals surface area contributed by atoms with Gasteiger partial charge in [-0.3, -0.25) is 10.1 Å². The molecule has 24 heavy (non-hydrogen) atoms. The highest BCUT2D eigenvalue weighted by molar-refractivity contribution is 5.98. The van der Waals surface area contributed by atoms with E-state index in [1.54, 1.807) is 18.5 Å². The van der Waals surface area contributed by atoms with E-state index in [-0.39, 0.29) is 5.56 Å². The number of aryl methyl sites for hydroxylation is 1. The number of benzene rings is 1. The summed E-state index contributed by atoms with van der Waals surface area (Å²) in [4.78, 5) is 34.6. The van der Waals surface area contributed by atoms with E-state index in [0.717, 1.165) is 5.69 Å². The molecule has 0 aliphatic rings. The number of nitrogens with two attached hydrogens (primary N) is 1. The number of rotatable bonds is 4. The standard InChI is InChI=1S/C16H18N4O4/c1-9-13(15(22)24-11(3)14(21)18-16(17)23)10(2)20(19-9)12-7-5-4-6-8-12/h4-8,11H,1-3H3,(H3,17,18,21,23). The fraction of sp³-hybridized carbons (Fsp3) is 0.250. The molecule has 3 amide bonds. The minimum atomic E-state index is -1.16. The average molecular weight is 330 g/mol. The van der Waals surface area contributed by atoms with Gasteiger partial charge in [0.2, 0.25) is 0 Å². The largest absolute Gasteiger partial charge is 0.449 e. The first kappa shape index (κ1) is 17.2. The second-order valence-corrected chi connectivity index (χ2v) is 5.19. The summed E-state index contributed by atoms with van der Waals surface area (Å²) in [5, 5.41) is 6.20. The molecule has 126 valence electrons. The Labute approximate surface area is 138 Å². The van der Waals surface area contributed by atoms with E-state index in [0.29, 0.717) is 11.4 Å². The molecular weight excluding hydrogens is 312 g/mol. The van der Waals surface area contributed by atoms with Crippen LogP contribution >= 0.6 is 0 Å². The zero-order valence-corrected chi connectivity index (χ0v) is 13.6. The van der Waals surface area contributed by atoms with Gasteiger partial charge in [-0.05, 0) is 32.9 Å². The number of para-hydroxylation sites is 1. The lowest BCUT2D eigenvalue weighted by Crippen LogP contribution is -2.42. The number of carbonyl (C=O) groups is 3. The van der Waals surface area contributed by atoms with Gasteiger partial charge in [-0.25, -0.2) is 14.3 Å². The molecule has 8 nitrogen and oxygen atoms in total. The Hall–Kier alpha value is -3.16. The lowest BCUT2D eigenvalue weighted by molar-refractivity contribution is -0.127. The van der Waals surface area contributed by atoms with Crippen LogP contribution in [0.3, 0.4) is 0 Å². The van der Waals surface area contributed by atoms with Crippen LogP contribution in [0.1, 0.15) is 28.7 Å². The first-order valence-corrected chi connectivity index (χ1v) is 7.24. The number of ether oxygens (including phenoxy) is 1. The first-order chi connectivity index (χ1) is 11.3. The van der Waals surface area contributed by atoms with Crippen molar-refractivity contribution in [1.29, 1.82) is 0 Å². The Bertz CT molecular complexity index is 783. The fourth-order valence-electron chi connectivity index (χ4n) is 2.25. The van der Waals surface area contributed by atoms with E-state index in [2.05, 4.69) is 5.10 Å². The van der Waals surface area contributed by atoms with Gasteiger partial charge >= 0.3 is 12.0 Å². The summed E-state index contributed by atoms with van der Waals surface area (Å²) in [5.74, 6) is -1.49. The number of urea groups is 1. The van der Waals surface area contributed by atoms with Crippen LogP contribution in [0.2, 0.25) is 0 Å². The van der Waals surface area contributed by atoms with E-state index in [1.165, 1.54) is 6.92 Å². The molecule has 0 bridgehead atoms. The van der Waals surface area contributed by atoms with Crippen molar-refractivity contribution >= 4 is 17.9 Å². The molecule has 3 N–H and O–H groups in total. The first-order valence-electron chi connectivity index (χ1n) is 7.24. The van der Waals surface area contributed by atoms with Crippen LogP contribution in [0.25, 0.3) is 5.69 Å². The highest BCUT2D eigenvalue weighted by Gasteiger charge is 2.25. The van der Waals surface area contributed by atoms with Gasteiger partial charge in [-0.1, -0.05) is 18.2 Å². The summed E-state index contributed by atoms with van der Waals surface area (Å²) in [6.45, 7) is 4.76. The van der Waals surface area contributed by atoms with Crippen molar-refractivity contribution in [2.75, 3.05) is 0 Å². The molecule has 1 unspecified atom stereocenters. The molecule has 0 saturated heterocycles. The summed E-state index contributed by atoms with van der Waals surface area (Å²) < 4.78 is 6.72. The normalized spacial score (nSPS) is 11.6. The zero-order valence-electron chi connectivity index (χ0n) is 13.6. The van der Waals surface area contributed by atoms with Crippen molar-refractivity contribution < 1.29 is 19.1 Å². The molecule has 1 atom stereocenters. The smallest absolute Gasteiger partial charge is 0.342 e. The average Bonchev–Trinajstić information content (AvgIpc) is 2.82. The van der Waals surface area contributed by atoms with E-state index >= 15 is 0 Å². The zero-order chi connectivity index (χ0) is 17.9. The number of hydrogen-bond acceptors (Lipinski definition) is 5. The Kier molecular flexibility index (Phi) is 4.98. The molecule has 8 heteroatoms. The molecule has 0 aliphatic carbocycles. The molecule has 0 saturated carbocycles. The number of imide groups is 1. The van der Waals surface area contributed by atoms with Gasteiger partial charge in [-0.15, -0.1) is 0 Å². The number of hydrogen-bond donors (Lipinski definition) is 2. The van der Waals surface area contributed by atoms with Gasteiger partial charge in [0.1, 0.15) is 5.56 Å². The number of nitrogens with one attached hydrogen (secondary N) is 1. The van der Waals surface area contributed by atoms with Crippen molar-refractivity contribution in [2.45, 2.75) is 26.9 Å². The van der Waals surface area contributed by atoms with Crippen LogP contribution in [0.4, 0.5) is 4.79 Å². The number of amides is 3. The van der Waals surface area contributed by atoms with E-state index in [9.17, 15) is 14.4 Å². The van der Waals surface area contributed by atoms with Crippen LogP contribution < -0.4 is 11.1 Å². The quantitative estimate of drug-likeness (QED) is 0.818. The maximum Gasteiger partial charge on any atom is 0.342 e. The van der Waals surface area contributed by atoms with Crippen LogP contribution in [0.15, 0.2) is 30.3 Å². The van der Waals surface area contributed by atoms with Gasteiger partial charge in [-0.2, -0.15) is 5.10 Å². The van der Waals surface area contributed by atoms with Crippen molar-refractivity contribution in [1.82, 2.24) is 15.1 Å². The summed E-state index contributed by atoms with van der Waals surface area (Å²) in [7, 11) is 0. The molecule has 0 fully saturated rings. The predicted octanol–water partition coefficient (Wildman–Crippen LogP) is 1.23. The summed E-state index contributed by atoms with van der Waals surface area (Å²) in [6, 6.07) is 8.31. The lowest BCUT2D eigenvalue weighted by Gasteiger charge is -2.12. The van der Waals surface area contributed by atoms with Crippen molar-refractivity contribution in [3.8, 4) is 5.69 Å². The van der Waals surface area contributed by atoms with Crippen molar-refractivity contribution in [2.24, 2.45) is 5.73 Å². The van der Waals surface area contributed by atoms with Crippen molar-refractivity contribution in [3.63, 3.8) is 0 Å². The second-order valence-electron chi connectivity index (χ2n) is 5.19. The van der Waals surface area contributed by atoms with Crippen LogP contribution in [-0.2, 0) is 9.53 Å². The van der Waals surface area contributed by atoms with Crippen LogP contribution in [0, 0.1) is 13.8 Å². The fourth-order valence-corrected chi connectivity index (χ4v) is 2.25. The molecule has 1 aromatic carbocycles. The summed E-state index contributed by atoms with van der Waals surface area (Å²) in [5.41, 5.74) is 7.01. The van der Waals surface area contributed by atoms with Gasteiger partial charge in [0.05, 0.1) is 17.1 Å². The monoisotopic (exact) mass is 330 g/mol. The van der Waals surface area contributed by atoms with Crippen LogP contribution in [0.5, 0.6) is 0 Å². The third-order valence-electron chi connectivity index (χ3n) is 3.40. The molecule has 0 aliphatic heterocycles. The SMILES string of the molecule is Cc1nn(-c2ccccc2)c(C)c1C(=O)OC(C)C(=O)NC(N)=O. The van der Waals surface area contributed by atoms with E-state index in [4.69, 9.17) is 10.5 Å². The summed E-state index contributed by atoms with van der Waals surface area (Å²) >= 11 is 0. The molecule has 0 radical (unpaired) electrons. The maximum absolute atomic E-state index is 12.4. The van der Waals surface area contributed by atoms with Gasteiger partial charge in [0.25, 0.3) is 5.91 Å². The number of carbonyl (C=O) groups excluding carboxylic acids is 3. The molecular formula is C16H18N4O4. The third-order valence-corrected chi connectivity index (χ3v) is 3.40. The number of nitrogens with zero attached hydrogens (tertiary/aromatic N) is 2. The molecule has 1 heterocycles. The molecule has 2 rings (SSSR count). The Morgan fingerprint density at radius 2 is 1.83 bits per heavy atom. The number of aromatic nitrogens is 2. The Morgan fingerprint density at radius 1 is 1.21 bits per heavy atom. The van der Waals surface area contributed by atoms with Crippen molar-refractivity contribution in [3.05, 3.63) is 47.3 Å². The number of esters is 1. The third kappa shape index (κ3) is 3.60. The number of primary amides is 1. The molecule has 0 spiro atoms. The minimum Gasteiger partial charge on any atom is -0.449 e. The predicted molar refractivity (Wildman–Crippen MR) is 85.6 cm³/mol. The lowest BCUT2D eigenvalue weighted by atomic mass is 10.2. The topological polar surface area (TPSA) is 116 Å². The summed E-state index contributed by atoms with van der Waals surface area (Å²) in [6.07, 6.45) is -1.16. The van der Waals surface area contributed by atoms with Gasteiger partial charge < -0.3 is 10.5 Å².